The molecule has 1 aromatic rings. The van der Waals surface area contributed by atoms with Gasteiger partial charge in [0.25, 0.3) is 0 Å². The molecule has 6 nitrogen and oxygen atoms in total. The third kappa shape index (κ3) is 7.27. The summed E-state index contributed by atoms with van der Waals surface area (Å²) in [6.45, 7) is 7.86. The Morgan fingerprint density at radius 1 is 1.06 bits per heavy atom. The van der Waals surface area contributed by atoms with Crippen LogP contribution in [-0.2, 0) is 4.79 Å². The van der Waals surface area contributed by atoms with Gasteiger partial charge in [-0.25, -0.2) is 8.78 Å². The van der Waals surface area contributed by atoms with E-state index in [1.807, 2.05) is 11.8 Å². The molecule has 2 saturated heterocycles. The SMILES string of the molecule is CN=C(NCC(C)c1ccc(F)cc1F)N1CCN(CC(=O)N2CCCCC2)CC1.I. The van der Waals surface area contributed by atoms with Gasteiger partial charge < -0.3 is 15.1 Å². The van der Waals surface area contributed by atoms with Crippen LogP contribution in [0.25, 0.3) is 0 Å². The number of carbonyl (C=O) groups excluding carboxylic acids is 1. The van der Waals surface area contributed by atoms with Gasteiger partial charge in [-0.1, -0.05) is 13.0 Å². The number of benzene rings is 1. The van der Waals surface area contributed by atoms with E-state index in [2.05, 4.69) is 20.1 Å². The predicted octanol–water partition coefficient (Wildman–Crippen LogP) is 2.89. The average Bonchev–Trinajstić information content (AvgIpc) is 2.75. The lowest BCUT2D eigenvalue weighted by Crippen LogP contribution is -2.54. The third-order valence-electron chi connectivity index (χ3n) is 6.01. The molecule has 0 spiro atoms. The van der Waals surface area contributed by atoms with E-state index >= 15 is 0 Å². The Bertz CT molecular complexity index is 749. The van der Waals surface area contributed by atoms with Crippen LogP contribution in [0.4, 0.5) is 8.78 Å². The van der Waals surface area contributed by atoms with E-state index < -0.39 is 11.6 Å². The van der Waals surface area contributed by atoms with Crippen molar-refractivity contribution >= 4 is 35.8 Å². The lowest BCUT2D eigenvalue weighted by atomic mass is 10.0. The second-order valence-corrected chi connectivity index (χ2v) is 8.20. The maximum Gasteiger partial charge on any atom is 0.236 e. The average molecular weight is 549 g/mol. The number of halogens is 3. The molecule has 31 heavy (non-hydrogen) atoms. The number of guanidine groups is 1. The number of nitrogens with one attached hydrogen (secondary N) is 1. The van der Waals surface area contributed by atoms with Crippen molar-refractivity contribution in [3.8, 4) is 0 Å². The molecule has 1 atom stereocenters. The van der Waals surface area contributed by atoms with Crippen molar-refractivity contribution in [2.75, 3.05) is 59.4 Å². The highest BCUT2D eigenvalue weighted by molar-refractivity contribution is 14.0. The van der Waals surface area contributed by atoms with Gasteiger partial charge in [0.1, 0.15) is 11.6 Å². The minimum atomic E-state index is -0.566. The van der Waals surface area contributed by atoms with Crippen molar-refractivity contribution in [2.24, 2.45) is 4.99 Å². The van der Waals surface area contributed by atoms with Crippen LogP contribution in [0, 0.1) is 11.6 Å². The second kappa shape index (κ2) is 12.5. The van der Waals surface area contributed by atoms with Gasteiger partial charge in [-0.05, 0) is 30.9 Å². The van der Waals surface area contributed by atoms with Gasteiger partial charge in [-0.15, -0.1) is 24.0 Å². The molecule has 1 aromatic carbocycles. The molecule has 9 heteroatoms. The molecule has 2 fully saturated rings. The summed E-state index contributed by atoms with van der Waals surface area (Å²) in [5, 5.41) is 3.31. The minimum Gasteiger partial charge on any atom is -0.356 e. The fourth-order valence-electron chi connectivity index (χ4n) is 4.14. The molecule has 0 radical (unpaired) electrons. The van der Waals surface area contributed by atoms with Crippen molar-refractivity contribution < 1.29 is 13.6 Å². The zero-order chi connectivity index (χ0) is 21.5. The Labute approximate surface area is 201 Å². The van der Waals surface area contributed by atoms with Gasteiger partial charge in [0.05, 0.1) is 6.54 Å². The molecule has 0 aliphatic carbocycles. The first-order chi connectivity index (χ1) is 14.5. The summed E-state index contributed by atoms with van der Waals surface area (Å²) in [6.07, 6.45) is 3.45. The van der Waals surface area contributed by atoms with Crippen LogP contribution in [0.15, 0.2) is 23.2 Å². The Hall–Kier alpha value is -1.49. The maximum atomic E-state index is 14.0. The second-order valence-electron chi connectivity index (χ2n) is 8.20. The highest BCUT2D eigenvalue weighted by Gasteiger charge is 2.24. The van der Waals surface area contributed by atoms with Crippen LogP contribution in [0.2, 0.25) is 0 Å². The Kier molecular flexibility index (Phi) is 10.4. The van der Waals surface area contributed by atoms with Crippen LogP contribution < -0.4 is 5.32 Å². The molecule has 1 N–H and O–H groups in total. The van der Waals surface area contributed by atoms with E-state index in [0.29, 0.717) is 18.7 Å². The topological polar surface area (TPSA) is 51.2 Å². The molecular formula is C22H34F2IN5O. The summed E-state index contributed by atoms with van der Waals surface area (Å²) in [4.78, 5) is 23.2. The zero-order valence-electron chi connectivity index (χ0n) is 18.4. The van der Waals surface area contributed by atoms with E-state index in [1.165, 1.54) is 18.6 Å². The molecule has 0 aromatic heterocycles. The molecule has 2 aliphatic heterocycles. The maximum absolute atomic E-state index is 14.0. The van der Waals surface area contributed by atoms with E-state index in [0.717, 1.165) is 64.1 Å². The van der Waals surface area contributed by atoms with Crippen LogP contribution in [0.1, 0.15) is 37.7 Å². The van der Waals surface area contributed by atoms with E-state index in [1.54, 1.807) is 7.05 Å². The summed E-state index contributed by atoms with van der Waals surface area (Å²) >= 11 is 0. The summed E-state index contributed by atoms with van der Waals surface area (Å²) in [5.74, 6) is -0.201. The number of hydrogen-bond acceptors (Lipinski definition) is 3. The van der Waals surface area contributed by atoms with Gasteiger partial charge >= 0.3 is 0 Å². The number of piperazine rings is 1. The van der Waals surface area contributed by atoms with Gasteiger partial charge in [-0.2, -0.15) is 0 Å². The number of hydrogen-bond donors (Lipinski definition) is 1. The molecule has 0 bridgehead atoms. The predicted molar refractivity (Wildman–Crippen MR) is 130 cm³/mol. The van der Waals surface area contributed by atoms with Crippen molar-refractivity contribution in [3.63, 3.8) is 0 Å². The monoisotopic (exact) mass is 549 g/mol. The van der Waals surface area contributed by atoms with E-state index in [4.69, 9.17) is 0 Å². The van der Waals surface area contributed by atoms with Gasteiger partial charge in [-0.3, -0.25) is 14.7 Å². The summed E-state index contributed by atoms with van der Waals surface area (Å²) in [5.41, 5.74) is 0.486. The zero-order valence-corrected chi connectivity index (χ0v) is 20.8. The number of amides is 1. The largest absolute Gasteiger partial charge is 0.356 e. The Balaban J connectivity index is 0.00000341. The number of carbonyl (C=O) groups is 1. The molecule has 3 rings (SSSR count). The fraction of sp³-hybridized carbons (Fsp3) is 0.636. The standard InChI is InChI=1S/C22H33F2N5O.HI/c1-17(19-7-6-18(23)14-20(19)24)15-26-22(25-2)29-12-10-27(11-13-29)16-21(30)28-8-4-3-5-9-28;/h6-7,14,17H,3-5,8-13,15-16H2,1-2H3,(H,25,26);1H. The molecule has 2 heterocycles. The number of rotatable bonds is 5. The lowest BCUT2D eigenvalue weighted by molar-refractivity contribution is -0.133. The first kappa shape index (κ1) is 25.8. The molecule has 0 saturated carbocycles. The van der Waals surface area contributed by atoms with Gasteiger partial charge in [0, 0.05) is 64.8 Å². The number of likely N-dealkylation sites (tertiary alicyclic amines) is 1. The highest BCUT2D eigenvalue weighted by Crippen LogP contribution is 2.19. The van der Waals surface area contributed by atoms with E-state index in [-0.39, 0.29) is 35.8 Å². The summed E-state index contributed by atoms with van der Waals surface area (Å²) < 4.78 is 27.1. The highest BCUT2D eigenvalue weighted by atomic mass is 127. The normalized spacial score (nSPS) is 19.0. The van der Waals surface area contributed by atoms with Crippen LogP contribution in [0.5, 0.6) is 0 Å². The van der Waals surface area contributed by atoms with Crippen LogP contribution in [-0.4, -0.2) is 86.0 Å². The minimum absolute atomic E-state index is 0. The molecule has 1 amide bonds. The quantitative estimate of drug-likeness (QED) is 0.349. The Morgan fingerprint density at radius 2 is 1.74 bits per heavy atom. The fourth-order valence-corrected chi connectivity index (χ4v) is 4.14. The first-order valence-corrected chi connectivity index (χ1v) is 10.9. The van der Waals surface area contributed by atoms with Crippen molar-refractivity contribution in [1.29, 1.82) is 0 Å². The first-order valence-electron chi connectivity index (χ1n) is 10.9. The number of aliphatic imine (C=N–C) groups is 1. The van der Waals surface area contributed by atoms with Crippen LogP contribution in [0.3, 0.4) is 0 Å². The van der Waals surface area contributed by atoms with Crippen molar-refractivity contribution in [1.82, 2.24) is 20.0 Å². The lowest BCUT2D eigenvalue weighted by Gasteiger charge is -2.37. The van der Waals surface area contributed by atoms with E-state index in [9.17, 15) is 13.6 Å². The van der Waals surface area contributed by atoms with Gasteiger partial charge in [0.2, 0.25) is 5.91 Å². The molecule has 1 unspecified atom stereocenters. The third-order valence-corrected chi connectivity index (χ3v) is 6.01. The Morgan fingerprint density at radius 3 is 2.35 bits per heavy atom. The summed E-state index contributed by atoms with van der Waals surface area (Å²) in [7, 11) is 1.73. The van der Waals surface area contributed by atoms with Crippen molar-refractivity contribution in [2.45, 2.75) is 32.1 Å². The summed E-state index contributed by atoms with van der Waals surface area (Å²) in [6, 6.07) is 3.71. The van der Waals surface area contributed by atoms with Crippen molar-refractivity contribution in [3.05, 3.63) is 35.4 Å². The smallest absolute Gasteiger partial charge is 0.236 e. The molecular weight excluding hydrogens is 515 g/mol. The van der Waals surface area contributed by atoms with Crippen LogP contribution >= 0.6 is 24.0 Å². The van der Waals surface area contributed by atoms with Gasteiger partial charge in [0.15, 0.2) is 5.96 Å². The molecule has 2 aliphatic rings. The molecule has 174 valence electrons. The number of piperidine rings is 1. The number of nitrogens with zero attached hydrogens (tertiary/aromatic N) is 4.